The van der Waals surface area contributed by atoms with Gasteiger partial charge in [0.15, 0.2) is 0 Å². The molecule has 0 aliphatic carbocycles. The van der Waals surface area contributed by atoms with E-state index in [1.807, 2.05) is 45.0 Å². The van der Waals surface area contributed by atoms with Gasteiger partial charge in [-0.3, -0.25) is 0 Å². The zero-order valence-corrected chi connectivity index (χ0v) is 11.0. The monoisotopic (exact) mass is 272 g/mol. The van der Waals surface area contributed by atoms with Crippen LogP contribution in [-0.2, 0) is 0 Å². The van der Waals surface area contributed by atoms with Gasteiger partial charge in [0, 0.05) is 5.33 Å². The molecule has 0 amide bonds. The Morgan fingerprint density at radius 3 is 2.13 bits per heavy atom. The molecule has 1 aromatic rings. The lowest BCUT2D eigenvalue weighted by atomic mass is 10.2. The van der Waals surface area contributed by atoms with Crippen molar-refractivity contribution in [3.05, 3.63) is 24.3 Å². The molecule has 3 heteroatoms. The third kappa shape index (κ3) is 4.12. The number of alkyl halides is 1. The van der Waals surface area contributed by atoms with Crippen LogP contribution in [0.15, 0.2) is 24.3 Å². The molecule has 15 heavy (non-hydrogen) atoms. The quantitative estimate of drug-likeness (QED) is 0.762. The Morgan fingerprint density at radius 1 is 1.13 bits per heavy atom. The van der Waals surface area contributed by atoms with Gasteiger partial charge < -0.3 is 9.47 Å². The molecular weight excluding hydrogens is 256 g/mol. The highest BCUT2D eigenvalue weighted by Crippen LogP contribution is 2.22. The summed E-state index contributed by atoms with van der Waals surface area (Å²) in [5.41, 5.74) is -0.187. The van der Waals surface area contributed by atoms with Crippen LogP contribution in [0.3, 0.4) is 0 Å². The predicted molar refractivity (Wildman–Crippen MR) is 66.1 cm³/mol. The van der Waals surface area contributed by atoms with E-state index in [0.717, 1.165) is 16.8 Å². The van der Waals surface area contributed by atoms with Gasteiger partial charge in [-0.2, -0.15) is 0 Å². The molecule has 0 atom stereocenters. The average molecular weight is 273 g/mol. The summed E-state index contributed by atoms with van der Waals surface area (Å²) in [7, 11) is 0. The Balaban J connectivity index is 2.64. The van der Waals surface area contributed by atoms with Crippen LogP contribution in [0.25, 0.3) is 0 Å². The molecule has 0 unspecified atom stereocenters. The van der Waals surface area contributed by atoms with Crippen molar-refractivity contribution < 1.29 is 9.47 Å². The van der Waals surface area contributed by atoms with Crippen molar-refractivity contribution in [3.8, 4) is 11.5 Å². The van der Waals surface area contributed by atoms with E-state index in [1.165, 1.54) is 0 Å². The highest BCUT2D eigenvalue weighted by atomic mass is 79.9. The summed E-state index contributed by atoms with van der Waals surface area (Å²) in [5, 5.41) is 0.799. The van der Waals surface area contributed by atoms with Crippen molar-refractivity contribution in [3.63, 3.8) is 0 Å². The maximum Gasteiger partial charge on any atom is 0.120 e. The van der Waals surface area contributed by atoms with Gasteiger partial charge in [-0.05, 0) is 45.0 Å². The van der Waals surface area contributed by atoms with Crippen molar-refractivity contribution in [2.24, 2.45) is 0 Å². The normalized spacial score (nSPS) is 11.2. The number of hydrogen-bond donors (Lipinski definition) is 0. The highest BCUT2D eigenvalue weighted by molar-refractivity contribution is 9.09. The van der Waals surface area contributed by atoms with Crippen molar-refractivity contribution in [2.45, 2.75) is 26.4 Å². The zero-order valence-electron chi connectivity index (χ0n) is 9.42. The van der Waals surface area contributed by atoms with Crippen LogP contribution in [0, 0.1) is 0 Å². The topological polar surface area (TPSA) is 18.5 Å². The number of hydrogen-bond acceptors (Lipinski definition) is 2. The average Bonchev–Trinajstić information content (AvgIpc) is 2.21. The fraction of sp³-hybridized carbons (Fsp3) is 0.500. The molecular formula is C12H17BrO2. The van der Waals surface area contributed by atoms with Crippen LogP contribution in [-0.4, -0.2) is 17.5 Å². The third-order valence-corrected chi connectivity index (χ3v) is 3.20. The van der Waals surface area contributed by atoms with E-state index in [2.05, 4.69) is 15.9 Å². The second-order valence-corrected chi connectivity index (χ2v) is 4.46. The first-order valence-electron chi connectivity index (χ1n) is 5.05. The second kappa shape index (κ2) is 5.40. The van der Waals surface area contributed by atoms with Crippen molar-refractivity contribution >= 4 is 15.9 Å². The minimum Gasteiger partial charge on any atom is -0.494 e. The highest BCUT2D eigenvalue weighted by Gasteiger charge is 2.17. The van der Waals surface area contributed by atoms with Crippen LogP contribution in [0.4, 0.5) is 0 Å². The number of halogens is 1. The van der Waals surface area contributed by atoms with Crippen molar-refractivity contribution in [1.29, 1.82) is 0 Å². The summed E-state index contributed by atoms with van der Waals surface area (Å²) in [4.78, 5) is 0. The summed E-state index contributed by atoms with van der Waals surface area (Å²) in [6.07, 6.45) is 0. The van der Waals surface area contributed by atoms with E-state index < -0.39 is 0 Å². The van der Waals surface area contributed by atoms with E-state index >= 15 is 0 Å². The molecule has 0 spiro atoms. The van der Waals surface area contributed by atoms with Crippen LogP contribution < -0.4 is 9.47 Å². The maximum atomic E-state index is 5.78. The Bertz CT molecular complexity index is 293. The zero-order chi connectivity index (χ0) is 11.3. The summed E-state index contributed by atoms with van der Waals surface area (Å²) in [6.45, 7) is 6.74. The van der Waals surface area contributed by atoms with Crippen LogP contribution in [0.1, 0.15) is 20.8 Å². The number of benzene rings is 1. The smallest absolute Gasteiger partial charge is 0.120 e. The van der Waals surface area contributed by atoms with Gasteiger partial charge in [0.1, 0.15) is 17.1 Å². The summed E-state index contributed by atoms with van der Waals surface area (Å²) in [6, 6.07) is 7.69. The molecule has 0 heterocycles. The van der Waals surface area contributed by atoms with Gasteiger partial charge in [-0.1, -0.05) is 15.9 Å². The van der Waals surface area contributed by atoms with Crippen LogP contribution in [0.2, 0.25) is 0 Å². The van der Waals surface area contributed by atoms with Gasteiger partial charge in [0.25, 0.3) is 0 Å². The van der Waals surface area contributed by atoms with Crippen LogP contribution >= 0.6 is 15.9 Å². The Morgan fingerprint density at radius 2 is 1.67 bits per heavy atom. The molecule has 0 aromatic heterocycles. The fourth-order valence-corrected chi connectivity index (χ4v) is 1.23. The molecule has 0 saturated heterocycles. The molecule has 1 aromatic carbocycles. The Hall–Kier alpha value is -0.700. The molecule has 2 nitrogen and oxygen atoms in total. The maximum absolute atomic E-state index is 5.78. The second-order valence-electron chi connectivity index (χ2n) is 3.90. The molecule has 0 bridgehead atoms. The SMILES string of the molecule is CCOc1ccc(OC(C)(C)CBr)cc1. The van der Waals surface area contributed by atoms with E-state index in [1.54, 1.807) is 0 Å². The van der Waals surface area contributed by atoms with Gasteiger partial charge in [-0.15, -0.1) is 0 Å². The van der Waals surface area contributed by atoms with Gasteiger partial charge in [0.2, 0.25) is 0 Å². The first-order valence-corrected chi connectivity index (χ1v) is 6.17. The Kier molecular flexibility index (Phi) is 4.45. The van der Waals surface area contributed by atoms with E-state index in [-0.39, 0.29) is 5.60 Å². The van der Waals surface area contributed by atoms with E-state index in [9.17, 15) is 0 Å². The largest absolute Gasteiger partial charge is 0.494 e. The lowest BCUT2D eigenvalue weighted by Crippen LogP contribution is -2.29. The van der Waals surface area contributed by atoms with Crippen LogP contribution in [0.5, 0.6) is 11.5 Å². The summed E-state index contributed by atoms with van der Waals surface area (Å²) in [5.74, 6) is 1.74. The van der Waals surface area contributed by atoms with Gasteiger partial charge in [-0.25, -0.2) is 0 Å². The van der Waals surface area contributed by atoms with Gasteiger partial charge in [0.05, 0.1) is 6.61 Å². The third-order valence-electron chi connectivity index (χ3n) is 1.85. The lowest BCUT2D eigenvalue weighted by Gasteiger charge is -2.24. The molecule has 0 aliphatic heterocycles. The Labute approximate surface area is 99.7 Å². The molecule has 84 valence electrons. The summed E-state index contributed by atoms with van der Waals surface area (Å²) < 4.78 is 11.1. The molecule has 1 rings (SSSR count). The van der Waals surface area contributed by atoms with Gasteiger partial charge >= 0.3 is 0 Å². The first kappa shape index (κ1) is 12.4. The predicted octanol–water partition coefficient (Wildman–Crippen LogP) is 3.64. The van der Waals surface area contributed by atoms with E-state index in [4.69, 9.17) is 9.47 Å². The molecule has 0 N–H and O–H groups in total. The lowest BCUT2D eigenvalue weighted by molar-refractivity contribution is 0.137. The molecule has 0 radical (unpaired) electrons. The molecule has 0 fully saturated rings. The molecule has 0 aliphatic rings. The minimum absolute atomic E-state index is 0.187. The number of rotatable bonds is 5. The standard InChI is InChI=1S/C12H17BrO2/c1-4-14-10-5-7-11(8-6-10)15-12(2,3)9-13/h5-8H,4,9H2,1-3H3. The first-order chi connectivity index (χ1) is 7.07. The van der Waals surface area contributed by atoms with Crippen molar-refractivity contribution in [1.82, 2.24) is 0 Å². The van der Waals surface area contributed by atoms with Crippen molar-refractivity contribution in [2.75, 3.05) is 11.9 Å². The summed E-state index contributed by atoms with van der Waals surface area (Å²) >= 11 is 3.42. The minimum atomic E-state index is -0.187. The molecule has 0 saturated carbocycles. The van der Waals surface area contributed by atoms with E-state index in [0.29, 0.717) is 6.61 Å². The number of ether oxygens (including phenoxy) is 2. The fourth-order valence-electron chi connectivity index (χ4n) is 1.12.